The van der Waals surface area contributed by atoms with Crippen LogP contribution in [0.4, 0.5) is 4.39 Å². The molecule has 0 saturated heterocycles. The standard InChI is InChI=1S/C13H20FNO3S/c1-9(15-8-13(2,3)16)10-5-6-12(11(14)7-10)19(4,17)18/h5-7,9,15-16H,8H2,1-4H3. The van der Waals surface area contributed by atoms with Gasteiger partial charge in [0.2, 0.25) is 0 Å². The molecule has 0 aliphatic heterocycles. The van der Waals surface area contributed by atoms with Gasteiger partial charge in [0.25, 0.3) is 0 Å². The van der Waals surface area contributed by atoms with Gasteiger partial charge in [0.05, 0.1) is 5.60 Å². The zero-order valence-corrected chi connectivity index (χ0v) is 12.4. The summed E-state index contributed by atoms with van der Waals surface area (Å²) in [6.45, 7) is 5.50. The predicted octanol–water partition coefficient (Wildman–Crippen LogP) is 1.65. The molecule has 0 aromatic heterocycles. The Morgan fingerprint density at radius 3 is 2.42 bits per heavy atom. The fourth-order valence-electron chi connectivity index (χ4n) is 1.61. The van der Waals surface area contributed by atoms with Gasteiger partial charge in [-0.25, -0.2) is 12.8 Å². The van der Waals surface area contributed by atoms with Crippen molar-refractivity contribution >= 4 is 9.84 Å². The molecule has 1 atom stereocenters. The SMILES string of the molecule is CC(NCC(C)(C)O)c1ccc(S(C)(=O)=O)c(F)c1. The highest BCUT2D eigenvalue weighted by molar-refractivity contribution is 7.90. The van der Waals surface area contributed by atoms with Crippen LogP contribution in [-0.2, 0) is 9.84 Å². The molecule has 1 aromatic rings. The lowest BCUT2D eigenvalue weighted by atomic mass is 10.1. The summed E-state index contributed by atoms with van der Waals surface area (Å²) in [6.07, 6.45) is 0.973. The Morgan fingerprint density at radius 2 is 2.00 bits per heavy atom. The van der Waals surface area contributed by atoms with Gasteiger partial charge in [-0.15, -0.1) is 0 Å². The van der Waals surface area contributed by atoms with Crippen LogP contribution in [0.2, 0.25) is 0 Å². The molecule has 2 N–H and O–H groups in total. The zero-order chi connectivity index (χ0) is 14.8. The van der Waals surface area contributed by atoms with Crippen LogP contribution in [0.3, 0.4) is 0 Å². The summed E-state index contributed by atoms with van der Waals surface area (Å²) in [5, 5.41) is 12.7. The molecule has 0 radical (unpaired) electrons. The van der Waals surface area contributed by atoms with Gasteiger partial charge >= 0.3 is 0 Å². The maximum Gasteiger partial charge on any atom is 0.178 e. The summed E-state index contributed by atoms with van der Waals surface area (Å²) in [4.78, 5) is -0.300. The van der Waals surface area contributed by atoms with E-state index < -0.39 is 21.3 Å². The van der Waals surface area contributed by atoms with Crippen LogP contribution < -0.4 is 5.32 Å². The first-order valence-corrected chi connectivity index (χ1v) is 7.85. The first-order valence-electron chi connectivity index (χ1n) is 5.96. The zero-order valence-electron chi connectivity index (χ0n) is 11.6. The van der Waals surface area contributed by atoms with Crippen LogP contribution in [-0.4, -0.2) is 31.9 Å². The summed E-state index contributed by atoms with van der Waals surface area (Å²) in [5.41, 5.74) is -0.228. The Balaban J connectivity index is 2.90. The molecule has 6 heteroatoms. The first kappa shape index (κ1) is 16.1. The van der Waals surface area contributed by atoms with E-state index in [1.807, 2.05) is 6.92 Å². The van der Waals surface area contributed by atoms with Gasteiger partial charge in [-0.05, 0) is 38.5 Å². The Hall–Kier alpha value is -0.980. The average molecular weight is 289 g/mol. The average Bonchev–Trinajstić information content (AvgIpc) is 2.22. The van der Waals surface area contributed by atoms with Crippen LogP contribution in [0.25, 0.3) is 0 Å². The van der Waals surface area contributed by atoms with E-state index in [-0.39, 0.29) is 10.9 Å². The van der Waals surface area contributed by atoms with Gasteiger partial charge in [0.1, 0.15) is 10.7 Å². The summed E-state index contributed by atoms with van der Waals surface area (Å²) in [7, 11) is -3.55. The highest BCUT2D eigenvalue weighted by Crippen LogP contribution is 2.20. The second-order valence-electron chi connectivity index (χ2n) is 5.38. The normalized spacial score (nSPS) is 14.4. The van der Waals surface area contributed by atoms with E-state index in [0.29, 0.717) is 12.1 Å². The van der Waals surface area contributed by atoms with E-state index in [2.05, 4.69) is 5.32 Å². The van der Waals surface area contributed by atoms with Crippen molar-refractivity contribution in [1.82, 2.24) is 5.32 Å². The molecule has 0 spiro atoms. The Kier molecular flexibility index (Phi) is 4.71. The number of hydrogen-bond donors (Lipinski definition) is 2. The van der Waals surface area contributed by atoms with E-state index in [1.165, 1.54) is 12.1 Å². The lowest BCUT2D eigenvalue weighted by Crippen LogP contribution is -2.36. The maximum absolute atomic E-state index is 13.7. The topological polar surface area (TPSA) is 66.4 Å². The third-order valence-electron chi connectivity index (χ3n) is 2.70. The molecule has 108 valence electrons. The molecule has 1 aromatic carbocycles. The minimum absolute atomic E-state index is 0.186. The van der Waals surface area contributed by atoms with E-state index in [9.17, 15) is 17.9 Å². The van der Waals surface area contributed by atoms with E-state index >= 15 is 0 Å². The van der Waals surface area contributed by atoms with Crippen LogP contribution >= 0.6 is 0 Å². The molecule has 19 heavy (non-hydrogen) atoms. The Bertz CT molecular complexity index is 549. The molecule has 0 amide bonds. The number of sulfone groups is 1. The van der Waals surface area contributed by atoms with Crippen molar-refractivity contribution in [2.45, 2.75) is 37.3 Å². The molecular formula is C13H20FNO3S. The van der Waals surface area contributed by atoms with Crippen LogP contribution in [0.15, 0.2) is 23.1 Å². The molecule has 1 unspecified atom stereocenters. The summed E-state index contributed by atoms with van der Waals surface area (Å²) >= 11 is 0. The van der Waals surface area contributed by atoms with E-state index in [1.54, 1.807) is 19.9 Å². The highest BCUT2D eigenvalue weighted by atomic mass is 32.2. The fraction of sp³-hybridized carbons (Fsp3) is 0.538. The fourth-order valence-corrected chi connectivity index (χ4v) is 2.34. The van der Waals surface area contributed by atoms with Crippen LogP contribution in [0.5, 0.6) is 0 Å². The van der Waals surface area contributed by atoms with Crippen molar-refractivity contribution in [3.05, 3.63) is 29.6 Å². The van der Waals surface area contributed by atoms with Crippen LogP contribution in [0.1, 0.15) is 32.4 Å². The molecule has 1 rings (SSSR count). The Morgan fingerprint density at radius 1 is 1.42 bits per heavy atom. The third-order valence-corrected chi connectivity index (χ3v) is 3.83. The monoisotopic (exact) mass is 289 g/mol. The molecule has 0 bridgehead atoms. The number of hydrogen-bond acceptors (Lipinski definition) is 4. The van der Waals surface area contributed by atoms with E-state index in [0.717, 1.165) is 6.26 Å². The van der Waals surface area contributed by atoms with Crippen LogP contribution in [0, 0.1) is 5.82 Å². The van der Waals surface area contributed by atoms with Crippen molar-refractivity contribution in [1.29, 1.82) is 0 Å². The van der Waals surface area contributed by atoms with Crippen molar-refractivity contribution in [2.24, 2.45) is 0 Å². The summed E-state index contributed by atoms with van der Waals surface area (Å²) in [5.74, 6) is -0.753. The van der Waals surface area contributed by atoms with Crippen molar-refractivity contribution in [3.63, 3.8) is 0 Å². The second kappa shape index (κ2) is 5.56. The van der Waals surface area contributed by atoms with Gasteiger partial charge in [-0.1, -0.05) is 6.07 Å². The summed E-state index contributed by atoms with van der Waals surface area (Å²) < 4.78 is 36.3. The quantitative estimate of drug-likeness (QED) is 0.865. The smallest absolute Gasteiger partial charge is 0.178 e. The summed E-state index contributed by atoms with van der Waals surface area (Å²) in [6, 6.07) is 3.86. The molecule has 0 aliphatic carbocycles. The number of halogens is 1. The minimum atomic E-state index is -3.55. The van der Waals surface area contributed by atoms with Gasteiger partial charge in [-0.3, -0.25) is 0 Å². The largest absolute Gasteiger partial charge is 0.389 e. The minimum Gasteiger partial charge on any atom is -0.389 e. The maximum atomic E-state index is 13.7. The lowest BCUT2D eigenvalue weighted by Gasteiger charge is -2.22. The van der Waals surface area contributed by atoms with Crippen molar-refractivity contribution < 1.29 is 17.9 Å². The Labute approximate surface area is 113 Å². The van der Waals surface area contributed by atoms with Gasteiger partial charge in [0.15, 0.2) is 9.84 Å². The molecule has 0 saturated carbocycles. The first-order chi connectivity index (χ1) is 8.50. The third kappa shape index (κ3) is 4.89. The number of aliphatic hydroxyl groups is 1. The number of rotatable bonds is 5. The van der Waals surface area contributed by atoms with Gasteiger partial charge in [-0.2, -0.15) is 0 Å². The number of nitrogens with one attached hydrogen (secondary N) is 1. The highest BCUT2D eigenvalue weighted by Gasteiger charge is 2.17. The molecule has 4 nitrogen and oxygen atoms in total. The van der Waals surface area contributed by atoms with Gasteiger partial charge in [0, 0.05) is 18.8 Å². The van der Waals surface area contributed by atoms with Gasteiger partial charge < -0.3 is 10.4 Å². The lowest BCUT2D eigenvalue weighted by molar-refractivity contribution is 0.0770. The predicted molar refractivity (Wildman–Crippen MR) is 72.2 cm³/mol. The second-order valence-corrected chi connectivity index (χ2v) is 7.36. The molecular weight excluding hydrogens is 269 g/mol. The number of benzene rings is 1. The van der Waals surface area contributed by atoms with E-state index in [4.69, 9.17) is 0 Å². The molecule has 0 fully saturated rings. The molecule has 0 heterocycles. The van der Waals surface area contributed by atoms with Crippen molar-refractivity contribution in [3.8, 4) is 0 Å². The van der Waals surface area contributed by atoms with Crippen molar-refractivity contribution in [2.75, 3.05) is 12.8 Å². The molecule has 0 aliphatic rings.